The third kappa shape index (κ3) is 3.34. The molecule has 1 aliphatic heterocycles. The summed E-state index contributed by atoms with van der Waals surface area (Å²) in [5.74, 6) is -0.210. The highest BCUT2D eigenvalue weighted by Gasteiger charge is 2.28. The van der Waals surface area contributed by atoms with Crippen molar-refractivity contribution in [2.75, 3.05) is 33.4 Å². The SMILES string of the molecule is CC[C@@H](C)N(C)C(=O)c1cc(S(=O)(=O)N2CCOCC2)c[nH]1. The minimum Gasteiger partial charge on any atom is -0.379 e. The molecular formula is C14H23N3O4S. The van der Waals surface area contributed by atoms with Gasteiger partial charge in [0.1, 0.15) is 10.6 Å². The lowest BCUT2D eigenvalue weighted by Gasteiger charge is -2.25. The normalized spacial score (nSPS) is 18.1. The molecule has 2 heterocycles. The van der Waals surface area contributed by atoms with Gasteiger partial charge in [-0.1, -0.05) is 6.92 Å². The first kappa shape index (κ1) is 17.0. The number of rotatable bonds is 5. The Bertz CT molecular complexity index is 620. The Morgan fingerprint density at radius 3 is 2.68 bits per heavy atom. The van der Waals surface area contributed by atoms with Crippen molar-refractivity contribution < 1.29 is 17.9 Å². The Hall–Kier alpha value is -1.38. The van der Waals surface area contributed by atoms with E-state index in [9.17, 15) is 13.2 Å². The van der Waals surface area contributed by atoms with Crippen molar-refractivity contribution in [2.45, 2.75) is 31.2 Å². The quantitative estimate of drug-likeness (QED) is 0.870. The van der Waals surface area contributed by atoms with E-state index in [1.54, 1.807) is 11.9 Å². The number of hydrogen-bond acceptors (Lipinski definition) is 4. The van der Waals surface area contributed by atoms with E-state index >= 15 is 0 Å². The van der Waals surface area contributed by atoms with Crippen molar-refractivity contribution in [1.82, 2.24) is 14.2 Å². The summed E-state index contributed by atoms with van der Waals surface area (Å²) in [6.45, 7) is 5.41. The first-order chi connectivity index (χ1) is 10.4. The Labute approximate surface area is 131 Å². The van der Waals surface area contributed by atoms with Crippen molar-refractivity contribution in [3.8, 4) is 0 Å². The molecule has 1 aliphatic rings. The lowest BCUT2D eigenvalue weighted by Crippen LogP contribution is -2.40. The van der Waals surface area contributed by atoms with Crippen LogP contribution in [0, 0.1) is 0 Å². The Kier molecular flexibility index (Phi) is 5.25. The van der Waals surface area contributed by atoms with E-state index in [1.807, 2.05) is 13.8 Å². The summed E-state index contributed by atoms with van der Waals surface area (Å²) in [7, 11) is -1.86. The van der Waals surface area contributed by atoms with Crippen LogP contribution >= 0.6 is 0 Å². The maximum atomic E-state index is 12.5. The minimum absolute atomic E-state index is 0.0927. The average molecular weight is 329 g/mol. The molecule has 1 saturated heterocycles. The lowest BCUT2D eigenvalue weighted by molar-refractivity contribution is 0.0729. The number of carbonyl (C=O) groups is 1. The molecule has 1 atom stereocenters. The molecule has 0 aliphatic carbocycles. The van der Waals surface area contributed by atoms with Crippen LogP contribution in [0.4, 0.5) is 0 Å². The first-order valence-corrected chi connectivity index (χ1v) is 8.85. The molecule has 22 heavy (non-hydrogen) atoms. The zero-order chi connectivity index (χ0) is 16.3. The predicted molar refractivity (Wildman–Crippen MR) is 82.2 cm³/mol. The fourth-order valence-electron chi connectivity index (χ4n) is 2.25. The number of aromatic amines is 1. The molecule has 1 N–H and O–H groups in total. The van der Waals surface area contributed by atoms with Gasteiger partial charge in [0, 0.05) is 32.4 Å². The third-order valence-electron chi connectivity index (χ3n) is 4.07. The lowest BCUT2D eigenvalue weighted by atomic mass is 10.2. The van der Waals surface area contributed by atoms with Gasteiger partial charge in [-0.2, -0.15) is 4.31 Å². The molecule has 1 aromatic rings. The molecule has 0 bridgehead atoms. The van der Waals surface area contributed by atoms with Crippen molar-refractivity contribution in [3.63, 3.8) is 0 Å². The summed E-state index contributed by atoms with van der Waals surface area (Å²) in [5.41, 5.74) is 0.287. The van der Waals surface area contributed by atoms with Crippen LogP contribution in [0.3, 0.4) is 0 Å². The number of nitrogens with one attached hydrogen (secondary N) is 1. The van der Waals surface area contributed by atoms with Crippen molar-refractivity contribution in [3.05, 3.63) is 18.0 Å². The van der Waals surface area contributed by atoms with Gasteiger partial charge in [-0.15, -0.1) is 0 Å². The number of ether oxygens (including phenoxy) is 1. The van der Waals surface area contributed by atoms with Gasteiger partial charge in [-0.05, 0) is 19.4 Å². The number of hydrogen-bond donors (Lipinski definition) is 1. The molecule has 1 aromatic heterocycles. The molecule has 1 amide bonds. The van der Waals surface area contributed by atoms with E-state index in [0.29, 0.717) is 26.3 Å². The van der Waals surface area contributed by atoms with E-state index in [0.717, 1.165) is 6.42 Å². The summed E-state index contributed by atoms with van der Waals surface area (Å²) in [6, 6.07) is 1.50. The smallest absolute Gasteiger partial charge is 0.270 e. The number of carbonyl (C=O) groups excluding carboxylic acids is 1. The zero-order valence-electron chi connectivity index (χ0n) is 13.2. The van der Waals surface area contributed by atoms with E-state index in [1.165, 1.54) is 16.6 Å². The highest BCUT2D eigenvalue weighted by Crippen LogP contribution is 2.19. The number of sulfonamides is 1. The Morgan fingerprint density at radius 2 is 2.09 bits per heavy atom. The first-order valence-electron chi connectivity index (χ1n) is 7.41. The number of aromatic nitrogens is 1. The van der Waals surface area contributed by atoms with Crippen LogP contribution in [-0.2, 0) is 14.8 Å². The fourth-order valence-corrected chi connectivity index (χ4v) is 3.65. The molecule has 0 radical (unpaired) electrons. The summed E-state index contributed by atoms with van der Waals surface area (Å²) < 4.78 is 31.6. The molecule has 8 heteroatoms. The van der Waals surface area contributed by atoms with E-state index in [-0.39, 0.29) is 22.5 Å². The highest BCUT2D eigenvalue weighted by atomic mass is 32.2. The summed E-state index contributed by atoms with van der Waals surface area (Å²) >= 11 is 0. The van der Waals surface area contributed by atoms with Crippen LogP contribution < -0.4 is 0 Å². The summed E-state index contributed by atoms with van der Waals surface area (Å²) in [5, 5.41) is 0. The Balaban J connectivity index is 2.18. The molecular weight excluding hydrogens is 306 g/mol. The number of H-pyrrole nitrogens is 1. The number of morpholine rings is 1. The van der Waals surface area contributed by atoms with Crippen LogP contribution in [0.2, 0.25) is 0 Å². The van der Waals surface area contributed by atoms with Crippen LogP contribution in [0.1, 0.15) is 30.8 Å². The van der Waals surface area contributed by atoms with Crippen LogP contribution in [0.15, 0.2) is 17.2 Å². The second kappa shape index (κ2) is 6.80. The predicted octanol–water partition coefficient (Wildman–Crippen LogP) is 0.906. The Morgan fingerprint density at radius 1 is 1.45 bits per heavy atom. The second-order valence-corrected chi connectivity index (χ2v) is 7.38. The van der Waals surface area contributed by atoms with Crippen molar-refractivity contribution >= 4 is 15.9 Å². The number of amides is 1. The standard InChI is InChI=1S/C14H23N3O4S/c1-4-11(2)16(3)14(18)13-9-12(10-15-13)22(19,20)17-5-7-21-8-6-17/h9-11,15H,4-8H2,1-3H3/t11-/m1/s1. The molecule has 0 spiro atoms. The second-order valence-electron chi connectivity index (χ2n) is 5.44. The minimum atomic E-state index is -3.57. The molecule has 2 rings (SSSR count). The zero-order valence-corrected chi connectivity index (χ0v) is 14.0. The van der Waals surface area contributed by atoms with Gasteiger partial charge in [-0.3, -0.25) is 4.79 Å². The van der Waals surface area contributed by atoms with E-state index in [2.05, 4.69) is 4.98 Å². The molecule has 0 aromatic carbocycles. The number of nitrogens with zero attached hydrogens (tertiary/aromatic N) is 2. The van der Waals surface area contributed by atoms with Gasteiger partial charge in [0.2, 0.25) is 10.0 Å². The van der Waals surface area contributed by atoms with E-state index < -0.39 is 10.0 Å². The molecule has 124 valence electrons. The van der Waals surface area contributed by atoms with Crippen molar-refractivity contribution in [1.29, 1.82) is 0 Å². The molecule has 0 saturated carbocycles. The van der Waals surface area contributed by atoms with Gasteiger partial charge >= 0.3 is 0 Å². The van der Waals surface area contributed by atoms with Gasteiger partial charge in [0.15, 0.2) is 0 Å². The van der Waals surface area contributed by atoms with Gasteiger partial charge in [0.05, 0.1) is 13.2 Å². The monoisotopic (exact) mass is 329 g/mol. The van der Waals surface area contributed by atoms with Crippen LogP contribution in [0.5, 0.6) is 0 Å². The molecule has 7 nitrogen and oxygen atoms in total. The molecule has 0 unspecified atom stereocenters. The van der Waals surface area contributed by atoms with Crippen LogP contribution in [0.25, 0.3) is 0 Å². The van der Waals surface area contributed by atoms with E-state index in [4.69, 9.17) is 4.74 Å². The van der Waals surface area contributed by atoms with Gasteiger partial charge < -0.3 is 14.6 Å². The topological polar surface area (TPSA) is 82.7 Å². The maximum absolute atomic E-state index is 12.5. The van der Waals surface area contributed by atoms with Gasteiger partial charge in [-0.25, -0.2) is 8.42 Å². The fraction of sp³-hybridized carbons (Fsp3) is 0.643. The third-order valence-corrected chi connectivity index (χ3v) is 5.94. The van der Waals surface area contributed by atoms with Crippen molar-refractivity contribution in [2.24, 2.45) is 0 Å². The summed E-state index contributed by atoms with van der Waals surface area (Å²) in [4.78, 5) is 16.8. The summed E-state index contributed by atoms with van der Waals surface area (Å²) in [6.07, 6.45) is 2.21. The molecule has 1 fully saturated rings. The highest BCUT2D eigenvalue weighted by molar-refractivity contribution is 7.89. The largest absolute Gasteiger partial charge is 0.379 e. The van der Waals surface area contributed by atoms with Crippen LogP contribution in [-0.4, -0.2) is 67.9 Å². The maximum Gasteiger partial charge on any atom is 0.270 e. The average Bonchev–Trinajstić information content (AvgIpc) is 3.04. The van der Waals surface area contributed by atoms with Gasteiger partial charge in [0.25, 0.3) is 5.91 Å².